The van der Waals surface area contributed by atoms with Crippen molar-refractivity contribution in [2.75, 3.05) is 6.54 Å². The summed E-state index contributed by atoms with van der Waals surface area (Å²) in [6.07, 6.45) is 1.20. The largest absolute Gasteiger partial charge is 0.505 e. The van der Waals surface area contributed by atoms with Crippen molar-refractivity contribution in [1.29, 1.82) is 0 Å². The smallest absolute Gasteiger partial charge is 0.322 e. The Morgan fingerprint density at radius 3 is 2.41 bits per heavy atom. The molecule has 0 unspecified atom stereocenters. The molecule has 0 aliphatic rings. The van der Waals surface area contributed by atoms with Gasteiger partial charge in [0.25, 0.3) is 5.91 Å². The van der Waals surface area contributed by atoms with Crippen LogP contribution in [0.3, 0.4) is 0 Å². The molecule has 3 rings (SSSR count). The molecule has 138 valence electrons. The van der Waals surface area contributed by atoms with E-state index in [-0.39, 0.29) is 28.3 Å². The molecule has 0 bridgehead atoms. The summed E-state index contributed by atoms with van der Waals surface area (Å²) in [5, 5.41) is 24.3. The number of hydrogen-bond acceptors (Lipinski definition) is 6. The number of aromatic nitrogens is 2. The number of carbonyl (C=O) groups excluding carboxylic acids is 1. The monoisotopic (exact) mass is 375 g/mol. The van der Waals surface area contributed by atoms with Crippen molar-refractivity contribution in [2.45, 2.75) is 0 Å². The minimum Gasteiger partial charge on any atom is -0.505 e. The average molecular weight is 375 g/mol. The van der Waals surface area contributed by atoms with E-state index in [4.69, 9.17) is 9.63 Å². The summed E-state index contributed by atoms with van der Waals surface area (Å²) < 4.78 is 31.7. The first-order valence-electron chi connectivity index (χ1n) is 7.46. The van der Waals surface area contributed by atoms with Gasteiger partial charge in [-0.15, -0.1) is 0 Å². The molecule has 3 aromatic rings. The highest BCUT2D eigenvalue weighted by atomic mass is 19.1. The van der Waals surface area contributed by atoms with Crippen LogP contribution in [0.4, 0.5) is 8.78 Å². The van der Waals surface area contributed by atoms with E-state index in [0.717, 1.165) is 18.2 Å². The summed E-state index contributed by atoms with van der Waals surface area (Å²) in [7, 11) is 0. The molecule has 8 nitrogen and oxygen atoms in total. The van der Waals surface area contributed by atoms with Crippen LogP contribution in [-0.2, 0) is 4.79 Å². The van der Waals surface area contributed by atoms with E-state index in [1.54, 1.807) is 0 Å². The van der Waals surface area contributed by atoms with Gasteiger partial charge in [-0.2, -0.15) is 0 Å². The third-order valence-corrected chi connectivity index (χ3v) is 3.44. The lowest BCUT2D eigenvalue weighted by Crippen LogP contribution is -2.29. The van der Waals surface area contributed by atoms with Crippen LogP contribution in [-0.4, -0.2) is 38.8 Å². The highest BCUT2D eigenvalue weighted by molar-refractivity contribution is 5.96. The number of rotatable bonds is 5. The molecule has 0 atom stereocenters. The molecule has 0 saturated heterocycles. The summed E-state index contributed by atoms with van der Waals surface area (Å²) in [6, 6.07) is 5.43. The van der Waals surface area contributed by atoms with Crippen molar-refractivity contribution in [3.8, 4) is 28.3 Å². The Balaban J connectivity index is 1.85. The Morgan fingerprint density at radius 1 is 1.07 bits per heavy atom. The molecule has 0 fully saturated rings. The Labute approximate surface area is 150 Å². The Morgan fingerprint density at radius 2 is 1.78 bits per heavy atom. The zero-order valence-electron chi connectivity index (χ0n) is 13.4. The van der Waals surface area contributed by atoms with Crippen LogP contribution in [0, 0.1) is 11.6 Å². The topological polar surface area (TPSA) is 126 Å². The van der Waals surface area contributed by atoms with Gasteiger partial charge in [-0.3, -0.25) is 9.59 Å². The van der Waals surface area contributed by atoms with E-state index in [0.29, 0.717) is 0 Å². The van der Waals surface area contributed by atoms with Crippen LogP contribution >= 0.6 is 0 Å². The number of aliphatic carboxylic acids is 1. The van der Waals surface area contributed by atoms with Crippen molar-refractivity contribution in [2.24, 2.45) is 0 Å². The highest BCUT2D eigenvalue weighted by Gasteiger charge is 2.17. The van der Waals surface area contributed by atoms with Crippen LogP contribution < -0.4 is 5.32 Å². The van der Waals surface area contributed by atoms with E-state index in [2.05, 4.69) is 15.5 Å². The maximum absolute atomic E-state index is 13.3. The number of carboxylic acids is 1. The lowest BCUT2D eigenvalue weighted by molar-refractivity contribution is -0.135. The fourth-order valence-corrected chi connectivity index (χ4v) is 2.25. The molecule has 2 aromatic heterocycles. The Kier molecular flexibility index (Phi) is 4.79. The van der Waals surface area contributed by atoms with Gasteiger partial charge in [0.2, 0.25) is 0 Å². The van der Waals surface area contributed by atoms with Gasteiger partial charge in [0.1, 0.15) is 29.6 Å². The Bertz CT molecular complexity index is 1010. The second kappa shape index (κ2) is 7.20. The molecule has 3 N–H and O–H groups in total. The molecule has 0 saturated carbocycles. The second-order valence-electron chi connectivity index (χ2n) is 5.40. The number of carboxylic acid groups (broad SMARTS) is 1. The van der Waals surface area contributed by atoms with E-state index in [9.17, 15) is 23.5 Å². The quantitative estimate of drug-likeness (QED) is 0.624. The summed E-state index contributed by atoms with van der Waals surface area (Å²) in [6.45, 7) is -0.628. The fourth-order valence-electron chi connectivity index (χ4n) is 2.25. The zero-order chi connectivity index (χ0) is 19.6. The van der Waals surface area contributed by atoms with Gasteiger partial charge >= 0.3 is 5.97 Å². The van der Waals surface area contributed by atoms with Crippen molar-refractivity contribution in [1.82, 2.24) is 15.5 Å². The van der Waals surface area contributed by atoms with Crippen molar-refractivity contribution in [3.05, 3.63) is 53.9 Å². The zero-order valence-corrected chi connectivity index (χ0v) is 13.4. The van der Waals surface area contributed by atoms with E-state index < -0.39 is 35.8 Å². The minimum absolute atomic E-state index is 0.134. The molecule has 2 heterocycles. The van der Waals surface area contributed by atoms with Gasteiger partial charge in [0.15, 0.2) is 11.5 Å². The first-order chi connectivity index (χ1) is 12.8. The number of aromatic hydroxyl groups is 1. The number of carbonyl (C=O) groups is 2. The summed E-state index contributed by atoms with van der Waals surface area (Å²) in [5.41, 5.74) is 0.195. The van der Waals surface area contributed by atoms with Crippen LogP contribution in [0.2, 0.25) is 0 Å². The number of amides is 1. The Hall–Kier alpha value is -3.82. The number of pyridine rings is 1. The van der Waals surface area contributed by atoms with Crippen LogP contribution in [0.5, 0.6) is 5.75 Å². The number of nitrogens with one attached hydrogen (secondary N) is 1. The number of nitrogens with zero attached hydrogens (tertiary/aromatic N) is 2. The summed E-state index contributed by atoms with van der Waals surface area (Å²) in [4.78, 5) is 26.0. The molecule has 0 aliphatic carbocycles. The predicted octanol–water partition coefficient (Wildman–Crippen LogP) is 2.20. The number of halogens is 2. The van der Waals surface area contributed by atoms with Crippen molar-refractivity contribution < 1.29 is 33.1 Å². The maximum atomic E-state index is 13.3. The third-order valence-electron chi connectivity index (χ3n) is 3.44. The number of benzene rings is 1. The van der Waals surface area contributed by atoms with Crippen molar-refractivity contribution >= 4 is 11.9 Å². The van der Waals surface area contributed by atoms with Gasteiger partial charge in [-0.1, -0.05) is 5.16 Å². The first kappa shape index (κ1) is 18.0. The lowest BCUT2D eigenvalue weighted by Gasteiger charge is -2.05. The molecule has 0 radical (unpaired) electrons. The lowest BCUT2D eigenvalue weighted by atomic mass is 10.1. The SMILES string of the molecule is O=C(O)CNC(=O)c1ncc(-c2cc(-c3cc(F)cc(F)c3)no2)cc1O. The molecule has 0 aliphatic heterocycles. The summed E-state index contributed by atoms with van der Waals surface area (Å²) in [5.74, 6) is -4.03. The molecule has 1 aromatic carbocycles. The molecule has 27 heavy (non-hydrogen) atoms. The molecule has 0 spiro atoms. The standard InChI is InChI=1S/C17H11F2N3O5/c18-10-1-8(2-11(19)4-10)12-5-14(27-22-12)9-3-13(23)16(20-6-9)17(26)21-7-15(24)25/h1-6,23H,7H2,(H,21,26)(H,24,25). The second-order valence-corrected chi connectivity index (χ2v) is 5.40. The average Bonchev–Trinajstić information content (AvgIpc) is 3.09. The number of hydrogen-bond donors (Lipinski definition) is 3. The van der Waals surface area contributed by atoms with Gasteiger partial charge in [0, 0.05) is 29.5 Å². The highest BCUT2D eigenvalue weighted by Crippen LogP contribution is 2.29. The van der Waals surface area contributed by atoms with Crippen LogP contribution in [0.25, 0.3) is 22.6 Å². The van der Waals surface area contributed by atoms with E-state index in [1.807, 2.05) is 0 Å². The third kappa shape index (κ3) is 4.06. The minimum atomic E-state index is -1.25. The molecule has 1 amide bonds. The van der Waals surface area contributed by atoms with E-state index in [1.165, 1.54) is 18.3 Å². The van der Waals surface area contributed by atoms with Gasteiger partial charge in [0.05, 0.1) is 0 Å². The van der Waals surface area contributed by atoms with Gasteiger partial charge in [-0.25, -0.2) is 13.8 Å². The first-order valence-corrected chi connectivity index (χ1v) is 7.46. The van der Waals surface area contributed by atoms with Gasteiger partial charge in [-0.05, 0) is 18.2 Å². The van der Waals surface area contributed by atoms with Gasteiger partial charge < -0.3 is 20.1 Å². The van der Waals surface area contributed by atoms with Crippen molar-refractivity contribution in [3.63, 3.8) is 0 Å². The van der Waals surface area contributed by atoms with E-state index >= 15 is 0 Å². The fraction of sp³-hybridized carbons (Fsp3) is 0.0588. The summed E-state index contributed by atoms with van der Waals surface area (Å²) >= 11 is 0. The maximum Gasteiger partial charge on any atom is 0.322 e. The molecular weight excluding hydrogens is 364 g/mol. The molecule has 10 heteroatoms. The molecular formula is C17H11F2N3O5. The van der Waals surface area contributed by atoms with Crippen LogP contribution in [0.1, 0.15) is 10.5 Å². The normalized spacial score (nSPS) is 10.6. The predicted molar refractivity (Wildman–Crippen MR) is 86.7 cm³/mol. The van der Waals surface area contributed by atoms with Crippen LogP contribution in [0.15, 0.2) is 41.1 Å².